The van der Waals surface area contributed by atoms with Gasteiger partial charge in [0.15, 0.2) is 0 Å². The predicted octanol–water partition coefficient (Wildman–Crippen LogP) is 1.45. The molecule has 1 aliphatic rings. The van der Waals surface area contributed by atoms with E-state index < -0.39 is 5.60 Å². The van der Waals surface area contributed by atoms with E-state index in [1.807, 2.05) is 19.2 Å². The zero-order valence-corrected chi connectivity index (χ0v) is 12.6. The summed E-state index contributed by atoms with van der Waals surface area (Å²) in [6, 6.07) is 3.75. The van der Waals surface area contributed by atoms with E-state index in [4.69, 9.17) is 0 Å². The third kappa shape index (κ3) is 3.61. The van der Waals surface area contributed by atoms with Gasteiger partial charge in [0.1, 0.15) is 5.69 Å². The summed E-state index contributed by atoms with van der Waals surface area (Å²) < 4.78 is 0. The molecule has 2 N–H and O–H groups in total. The highest BCUT2D eigenvalue weighted by atomic mass is 16.3. The van der Waals surface area contributed by atoms with Crippen molar-refractivity contribution in [1.82, 2.24) is 14.8 Å². The first-order valence-corrected chi connectivity index (χ1v) is 7.20. The van der Waals surface area contributed by atoms with Crippen molar-refractivity contribution in [2.75, 3.05) is 27.7 Å². The number of aliphatic hydroxyl groups is 1. The summed E-state index contributed by atoms with van der Waals surface area (Å²) in [5.41, 5.74) is 1.08. The number of hydrogen-bond acceptors (Lipinski definition) is 3. The molecule has 1 amide bonds. The lowest BCUT2D eigenvalue weighted by molar-refractivity contribution is 0.0143. The van der Waals surface area contributed by atoms with E-state index in [1.54, 1.807) is 19.0 Å². The lowest BCUT2D eigenvalue weighted by Crippen LogP contribution is -2.38. The first-order valence-electron chi connectivity index (χ1n) is 7.20. The molecule has 5 nitrogen and oxygen atoms in total. The molecule has 5 heteroatoms. The average molecular weight is 279 g/mol. The topological polar surface area (TPSA) is 59.6 Å². The number of carbonyl (C=O) groups is 1. The Balaban J connectivity index is 1.91. The second kappa shape index (κ2) is 5.97. The van der Waals surface area contributed by atoms with Crippen molar-refractivity contribution in [2.45, 2.75) is 37.8 Å². The second-order valence-electron chi connectivity index (χ2n) is 6.20. The van der Waals surface area contributed by atoms with Crippen molar-refractivity contribution >= 4 is 5.91 Å². The second-order valence-corrected chi connectivity index (χ2v) is 6.20. The minimum atomic E-state index is -0.524. The zero-order chi connectivity index (χ0) is 14.8. The summed E-state index contributed by atoms with van der Waals surface area (Å²) in [7, 11) is 5.49. The fraction of sp³-hybridized carbons (Fsp3) is 0.667. The fourth-order valence-corrected chi connectivity index (χ4v) is 2.94. The van der Waals surface area contributed by atoms with Crippen molar-refractivity contribution in [3.63, 3.8) is 0 Å². The van der Waals surface area contributed by atoms with Gasteiger partial charge in [0.05, 0.1) is 5.60 Å². The van der Waals surface area contributed by atoms with Gasteiger partial charge in [-0.1, -0.05) is 12.8 Å². The van der Waals surface area contributed by atoms with Crippen LogP contribution in [0.15, 0.2) is 12.1 Å². The van der Waals surface area contributed by atoms with E-state index in [-0.39, 0.29) is 5.91 Å². The van der Waals surface area contributed by atoms with Gasteiger partial charge >= 0.3 is 0 Å². The number of likely N-dealkylation sites (N-methyl/N-ethyl adjacent to an activating group) is 1. The molecule has 1 fully saturated rings. The van der Waals surface area contributed by atoms with E-state index in [2.05, 4.69) is 9.88 Å². The third-order valence-electron chi connectivity index (χ3n) is 3.92. The van der Waals surface area contributed by atoms with Crippen LogP contribution in [0, 0.1) is 0 Å². The number of aromatic amines is 1. The number of carbonyl (C=O) groups excluding carboxylic acids is 1. The van der Waals surface area contributed by atoms with Crippen LogP contribution in [-0.2, 0) is 6.54 Å². The molecule has 1 aliphatic carbocycles. The molecular formula is C15H25N3O2. The molecule has 0 bridgehead atoms. The van der Waals surface area contributed by atoms with Crippen LogP contribution in [0.3, 0.4) is 0 Å². The summed E-state index contributed by atoms with van der Waals surface area (Å²) >= 11 is 0. The van der Waals surface area contributed by atoms with Crippen LogP contribution in [0.2, 0.25) is 0 Å². The van der Waals surface area contributed by atoms with Crippen molar-refractivity contribution in [3.8, 4) is 0 Å². The highest BCUT2D eigenvalue weighted by Crippen LogP contribution is 2.30. The molecule has 112 valence electrons. The number of aromatic nitrogens is 1. The van der Waals surface area contributed by atoms with Gasteiger partial charge in [0.25, 0.3) is 5.91 Å². The van der Waals surface area contributed by atoms with Crippen molar-refractivity contribution < 1.29 is 9.90 Å². The molecule has 1 aromatic heterocycles. The highest BCUT2D eigenvalue weighted by Gasteiger charge is 2.32. The molecule has 2 rings (SSSR count). The Hall–Kier alpha value is -1.33. The van der Waals surface area contributed by atoms with Crippen LogP contribution in [0.1, 0.15) is 41.9 Å². The summed E-state index contributed by atoms with van der Waals surface area (Å²) in [6.07, 6.45) is 4.03. The van der Waals surface area contributed by atoms with Gasteiger partial charge in [-0.25, -0.2) is 0 Å². The van der Waals surface area contributed by atoms with Crippen LogP contribution in [0.5, 0.6) is 0 Å². The third-order valence-corrected chi connectivity index (χ3v) is 3.92. The molecule has 0 saturated heterocycles. The Morgan fingerprint density at radius 1 is 1.30 bits per heavy atom. The number of nitrogens with one attached hydrogen (secondary N) is 1. The number of H-pyrrole nitrogens is 1. The maximum atomic E-state index is 11.8. The predicted molar refractivity (Wildman–Crippen MR) is 78.6 cm³/mol. The van der Waals surface area contributed by atoms with E-state index in [9.17, 15) is 9.90 Å². The molecule has 0 aromatic carbocycles. The van der Waals surface area contributed by atoms with E-state index >= 15 is 0 Å². The van der Waals surface area contributed by atoms with Gasteiger partial charge in [-0.15, -0.1) is 0 Å². The Labute approximate surface area is 120 Å². The van der Waals surface area contributed by atoms with Gasteiger partial charge in [-0.05, 0) is 32.0 Å². The molecular weight excluding hydrogens is 254 g/mol. The number of rotatable bonds is 5. The van der Waals surface area contributed by atoms with Crippen LogP contribution in [0.4, 0.5) is 0 Å². The lowest BCUT2D eigenvalue weighted by atomic mass is 10.0. The fourth-order valence-electron chi connectivity index (χ4n) is 2.94. The van der Waals surface area contributed by atoms with Crippen LogP contribution < -0.4 is 0 Å². The Morgan fingerprint density at radius 2 is 1.95 bits per heavy atom. The van der Waals surface area contributed by atoms with Crippen molar-refractivity contribution in [3.05, 3.63) is 23.5 Å². The number of amides is 1. The largest absolute Gasteiger partial charge is 0.389 e. The van der Waals surface area contributed by atoms with Crippen LogP contribution in [0.25, 0.3) is 0 Å². The molecule has 0 aliphatic heterocycles. The quantitative estimate of drug-likeness (QED) is 0.857. The first kappa shape index (κ1) is 15.1. The van der Waals surface area contributed by atoms with Crippen molar-refractivity contribution in [1.29, 1.82) is 0 Å². The molecule has 0 spiro atoms. The summed E-state index contributed by atoms with van der Waals surface area (Å²) in [6.45, 7) is 1.39. The summed E-state index contributed by atoms with van der Waals surface area (Å²) in [4.78, 5) is 18.6. The van der Waals surface area contributed by atoms with Crippen molar-refractivity contribution in [2.24, 2.45) is 0 Å². The Morgan fingerprint density at radius 3 is 2.55 bits per heavy atom. The zero-order valence-electron chi connectivity index (χ0n) is 12.6. The van der Waals surface area contributed by atoms with Gasteiger partial charge in [-0.3, -0.25) is 9.69 Å². The Bertz CT molecular complexity index is 461. The SMILES string of the molecule is CN(Cc1ccc(C(=O)N(C)C)[nH]1)CC1(O)CCCC1. The minimum Gasteiger partial charge on any atom is -0.389 e. The lowest BCUT2D eigenvalue weighted by Gasteiger charge is -2.28. The maximum absolute atomic E-state index is 11.8. The highest BCUT2D eigenvalue weighted by molar-refractivity contribution is 5.92. The maximum Gasteiger partial charge on any atom is 0.269 e. The van der Waals surface area contributed by atoms with Crippen LogP contribution in [-0.4, -0.2) is 59.1 Å². The number of hydrogen-bond donors (Lipinski definition) is 2. The molecule has 0 atom stereocenters. The van der Waals surface area contributed by atoms with E-state index in [0.717, 1.165) is 31.4 Å². The molecule has 1 saturated carbocycles. The standard InChI is InChI=1S/C15H25N3O2/c1-17(2)14(19)13-7-6-12(16-13)10-18(3)11-15(20)8-4-5-9-15/h6-7,16,20H,4-5,8-11H2,1-3H3. The van der Waals surface area contributed by atoms with Gasteiger partial charge in [0.2, 0.25) is 0 Å². The first-order chi connectivity index (χ1) is 9.39. The van der Waals surface area contributed by atoms with Gasteiger partial charge in [-0.2, -0.15) is 0 Å². The average Bonchev–Trinajstić information content (AvgIpc) is 2.97. The smallest absolute Gasteiger partial charge is 0.269 e. The van der Waals surface area contributed by atoms with Gasteiger partial charge < -0.3 is 15.0 Å². The normalized spacial score (nSPS) is 17.6. The molecule has 0 radical (unpaired) electrons. The van der Waals surface area contributed by atoms with E-state index in [0.29, 0.717) is 18.8 Å². The molecule has 1 heterocycles. The molecule has 1 aromatic rings. The Kier molecular flexibility index (Phi) is 4.50. The molecule has 20 heavy (non-hydrogen) atoms. The minimum absolute atomic E-state index is 0.0201. The molecule has 0 unspecified atom stereocenters. The summed E-state index contributed by atoms with van der Waals surface area (Å²) in [5, 5.41) is 10.4. The summed E-state index contributed by atoms with van der Waals surface area (Å²) in [5.74, 6) is -0.0201. The van der Waals surface area contributed by atoms with Gasteiger partial charge in [0, 0.05) is 32.9 Å². The van der Waals surface area contributed by atoms with E-state index in [1.165, 1.54) is 0 Å². The number of nitrogens with zero attached hydrogens (tertiary/aromatic N) is 2. The monoisotopic (exact) mass is 279 g/mol. The van der Waals surface area contributed by atoms with Crippen LogP contribution >= 0.6 is 0 Å².